The Labute approximate surface area is 198 Å². The molecular weight excluding hydrogens is 402 g/mol. The Kier molecular flexibility index (Phi) is 5.97. The number of benzene rings is 2. The number of aromatic nitrogens is 1. The van der Waals surface area contributed by atoms with Gasteiger partial charge in [0.1, 0.15) is 0 Å². The average Bonchev–Trinajstić information content (AvgIpc) is 3.33. The summed E-state index contributed by atoms with van der Waals surface area (Å²) in [5.41, 5.74) is 9.19. The minimum Gasteiger partial charge on any atom is -0.350 e. The van der Waals surface area contributed by atoms with Crippen LogP contribution in [0, 0.1) is 0 Å². The first kappa shape index (κ1) is 21.8. The van der Waals surface area contributed by atoms with Crippen molar-refractivity contribution in [1.29, 1.82) is 0 Å². The first-order valence-corrected chi connectivity index (χ1v) is 12.4. The molecule has 2 aliphatic rings. The summed E-state index contributed by atoms with van der Waals surface area (Å²) in [4.78, 5) is 10.2. The summed E-state index contributed by atoms with van der Waals surface area (Å²) in [5, 5.41) is 0. The highest BCUT2D eigenvalue weighted by molar-refractivity contribution is 5.64. The summed E-state index contributed by atoms with van der Waals surface area (Å²) >= 11 is 0. The lowest BCUT2D eigenvalue weighted by Gasteiger charge is -2.34. The summed E-state index contributed by atoms with van der Waals surface area (Å²) in [6.45, 7) is 10.1. The Balaban J connectivity index is 1.46. The standard InChI is InChI=1S/C30H35N3/c1-21(2)25-13-9-14-26(22(3)4)30(25)33-19-18-32(20-33)28-15-8-12-24-16-17-27(31-29(24)28)23-10-6-5-7-11-23/h5-7,9-11,13-14,16-19,21-22,28H,8,12,15,20H2,1-4H3. The van der Waals surface area contributed by atoms with Gasteiger partial charge in [-0.2, -0.15) is 0 Å². The molecule has 1 atom stereocenters. The van der Waals surface area contributed by atoms with Crippen molar-refractivity contribution >= 4 is 5.69 Å². The van der Waals surface area contributed by atoms with E-state index < -0.39 is 0 Å². The van der Waals surface area contributed by atoms with Crippen molar-refractivity contribution in [3.8, 4) is 11.3 Å². The quantitative estimate of drug-likeness (QED) is 0.409. The van der Waals surface area contributed by atoms with Gasteiger partial charge in [-0.1, -0.05) is 82.3 Å². The number of rotatable bonds is 5. The number of hydrogen-bond acceptors (Lipinski definition) is 3. The Morgan fingerprint density at radius 1 is 0.818 bits per heavy atom. The van der Waals surface area contributed by atoms with E-state index in [0.29, 0.717) is 17.9 Å². The highest BCUT2D eigenvalue weighted by Gasteiger charge is 2.31. The molecule has 3 heteroatoms. The van der Waals surface area contributed by atoms with Gasteiger partial charge in [-0.05, 0) is 53.9 Å². The van der Waals surface area contributed by atoms with Crippen LogP contribution in [0.4, 0.5) is 5.69 Å². The Morgan fingerprint density at radius 3 is 2.24 bits per heavy atom. The van der Waals surface area contributed by atoms with Gasteiger partial charge in [0.2, 0.25) is 0 Å². The molecule has 0 radical (unpaired) electrons. The third kappa shape index (κ3) is 4.17. The van der Waals surface area contributed by atoms with Gasteiger partial charge in [0.25, 0.3) is 0 Å². The minimum atomic E-state index is 0.326. The van der Waals surface area contributed by atoms with E-state index in [1.54, 1.807) is 0 Å². The molecule has 2 heterocycles. The van der Waals surface area contributed by atoms with Crippen molar-refractivity contribution in [2.75, 3.05) is 11.6 Å². The third-order valence-electron chi connectivity index (χ3n) is 7.10. The molecule has 2 aromatic carbocycles. The average molecular weight is 438 g/mol. The van der Waals surface area contributed by atoms with Gasteiger partial charge in [-0.15, -0.1) is 0 Å². The van der Waals surface area contributed by atoms with Gasteiger partial charge >= 0.3 is 0 Å². The van der Waals surface area contributed by atoms with Crippen LogP contribution in [0.2, 0.25) is 0 Å². The van der Waals surface area contributed by atoms with Crippen LogP contribution < -0.4 is 4.90 Å². The van der Waals surface area contributed by atoms with Crippen molar-refractivity contribution in [2.24, 2.45) is 0 Å². The molecule has 0 spiro atoms. The highest BCUT2D eigenvalue weighted by Crippen LogP contribution is 2.40. The van der Waals surface area contributed by atoms with Crippen LogP contribution in [-0.2, 0) is 6.42 Å². The molecule has 0 bridgehead atoms. The van der Waals surface area contributed by atoms with E-state index in [0.717, 1.165) is 25.2 Å². The number of para-hydroxylation sites is 1. The molecule has 0 saturated carbocycles. The molecule has 0 saturated heterocycles. The first-order chi connectivity index (χ1) is 16.0. The van der Waals surface area contributed by atoms with Gasteiger partial charge < -0.3 is 9.80 Å². The van der Waals surface area contributed by atoms with Crippen LogP contribution in [0.25, 0.3) is 11.3 Å². The van der Waals surface area contributed by atoms with Gasteiger partial charge in [0, 0.05) is 23.7 Å². The fourth-order valence-electron chi connectivity index (χ4n) is 5.35. The van der Waals surface area contributed by atoms with Crippen LogP contribution in [0.5, 0.6) is 0 Å². The van der Waals surface area contributed by atoms with E-state index in [9.17, 15) is 0 Å². The molecule has 170 valence electrons. The molecule has 3 nitrogen and oxygen atoms in total. The number of fused-ring (bicyclic) bond motifs is 1. The van der Waals surface area contributed by atoms with Crippen LogP contribution in [0.3, 0.4) is 0 Å². The minimum absolute atomic E-state index is 0.326. The lowest BCUT2D eigenvalue weighted by Crippen LogP contribution is -2.32. The van der Waals surface area contributed by atoms with E-state index in [-0.39, 0.29) is 0 Å². The fourth-order valence-corrected chi connectivity index (χ4v) is 5.35. The molecule has 1 aliphatic carbocycles. The van der Waals surface area contributed by atoms with E-state index in [4.69, 9.17) is 4.98 Å². The van der Waals surface area contributed by atoms with Crippen LogP contribution in [-0.4, -0.2) is 16.6 Å². The van der Waals surface area contributed by atoms with Crippen molar-refractivity contribution < 1.29 is 0 Å². The Bertz CT molecular complexity index is 1120. The van der Waals surface area contributed by atoms with E-state index >= 15 is 0 Å². The summed E-state index contributed by atoms with van der Waals surface area (Å²) in [7, 11) is 0. The SMILES string of the molecule is CC(C)c1cccc(C(C)C)c1N1C=CN(C2CCCc3ccc(-c4ccccc4)nc32)C1. The molecule has 1 aromatic heterocycles. The first-order valence-electron chi connectivity index (χ1n) is 12.4. The zero-order valence-corrected chi connectivity index (χ0v) is 20.3. The normalized spacial score (nSPS) is 17.8. The van der Waals surface area contributed by atoms with E-state index in [1.165, 1.54) is 40.1 Å². The predicted octanol–water partition coefficient (Wildman–Crippen LogP) is 7.62. The van der Waals surface area contributed by atoms with Crippen molar-refractivity contribution in [3.05, 3.63) is 95.4 Å². The zero-order valence-electron chi connectivity index (χ0n) is 20.3. The van der Waals surface area contributed by atoms with Gasteiger partial charge in [0.15, 0.2) is 0 Å². The van der Waals surface area contributed by atoms with Crippen LogP contribution >= 0.6 is 0 Å². The molecule has 1 aliphatic heterocycles. The van der Waals surface area contributed by atoms with Crippen LogP contribution in [0.15, 0.2) is 73.1 Å². The molecule has 0 N–H and O–H groups in total. The number of anilines is 1. The highest BCUT2D eigenvalue weighted by atomic mass is 15.4. The lowest BCUT2D eigenvalue weighted by molar-refractivity contribution is 0.265. The van der Waals surface area contributed by atoms with E-state index in [1.807, 2.05) is 0 Å². The summed E-state index contributed by atoms with van der Waals surface area (Å²) in [6, 6.07) is 22.2. The van der Waals surface area contributed by atoms with Gasteiger partial charge in [-0.25, -0.2) is 0 Å². The van der Waals surface area contributed by atoms with Gasteiger partial charge in [-0.3, -0.25) is 4.98 Å². The Hall–Kier alpha value is -3.07. The Morgan fingerprint density at radius 2 is 1.55 bits per heavy atom. The number of hydrogen-bond donors (Lipinski definition) is 0. The molecular formula is C30H35N3. The summed E-state index contributed by atoms with van der Waals surface area (Å²) in [5.74, 6) is 0.985. The van der Waals surface area contributed by atoms with Crippen molar-refractivity contribution in [2.45, 2.75) is 64.8 Å². The zero-order chi connectivity index (χ0) is 22.9. The molecule has 1 unspecified atom stereocenters. The number of nitrogens with zero attached hydrogens (tertiary/aromatic N) is 3. The molecule has 5 rings (SSSR count). The lowest BCUT2D eigenvalue weighted by atomic mass is 9.90. The van der Waals surface area contributed by atoms with E-state index in [2.05, 4.69) is 111 Å². The maximum Gasteiger partial charge on any atom is 0.0948 e. The number of pyridine rings is 1. The molecule has 0 amide bonds. The fraction of sp³-hybridized carbons (Fsp3) is 0.367. The second-order valence-electron chi connectivity index (χ2n) is 10.0. The number of aryl methyl sites for hydroxylation is 1. The molecule has 33 heavy (non-hydrogen) atoms. The van der Waals surface area contributed by atoms with Crippen molar-refractivity contribution in [1.82, 2.24) is 9.88 Å². The molecule has 0 fully saturated rings. The predicted molar refractivity (Wildman–Crippen MR) is 138 cm³/mol. The maximum absolute atomic E-state index is 5.20. The van der Waals surface area contributed by atoms with Crippen LogP contribution in [0.1, 0.15) is 80.8 Å². The second-order valence-corrected chi connectivity index (χ2v) is 10.0. The smallest absolute Gasteiger partial charge is 0.0948 e. The topological polar surface area (TPSA) is 19.4 Å². The summed E-state index contributed by atoms with van der Waals surface area (Å²) < 4.78 is 0. The summed E-state index contributed by atoms with van der Waals surface area (Å²) in [6.07, 6.45) is 8.07. The van der Waals surface area contributed by atoms with Crippen molar-refractivity contribution in [3.63, 3.8) is 0 Å². The molecule has 3 aromatic rings. The van der Waals surface area contributed by atoms with Gasteiger partial charge in [0.05, 0.1) is 24.1 Å². The third-order valence-corrected chi connectivity index (χ3v) is 7.10. The maximum atomic E-state index is 5.20. The largest absolute Gasteiger partial charge is 0.350 e. The monoisotopic (exact) mass is 437 g/mol. The second kappa shape index (κ2) is 9.05.